The fourth-order valence-electron chi connectivity index (χ4n) is 12.9. The number of alkyl halides is 2. The van der Waals surface area contributed by atoms with E-state index < -0.39 is 10.8 Å². The second-order valence-electron chi connectivity index (χ2n) is 25.5. The smallest absolute Gasteiger partial charge is 0.0877 e. The number of benzene rings is 6. The van der Waals surface area contributed by atoms with Gasteiger partial charge in [-0.2, -0.15) is 10.5 Å². The minimum Gasteiger partial charge on any atom is -0.396 e. The summed E-state index contributed by atoms with van der Waals surface area (Å²) in [6.07, 6.45) is 5.58. The number of rotatable bonds is 16. The van der Waals surface area contributed by atoms with E-state index in [1.165, 1.54) is 16.7 Å². The molecule has 12 rings (SSSR count). The molecular weight excluding hydrogens is 1330 g/mol. The average Bonchev–Trinajstić information content (AvgIpc) is 1.65. The Morgan fingerprint density at radius 3 is 0.890 bits per heavy atom. The number of aliphatic hydroxyl groups excluding tert-OH is 4. The van der Waals surface area contributed by atoms with Crippen LogP contribution in [0.1, 0.15) is 107 Å². The van der Waals surface area contributed by atoms with Crippen molar-refractivity contribution in [2.75, 3.05) is 64.4 Å². The molecule has 0 spiro atoms. The average molecular weight is 1420 g/mol. The predicted molar refractivity (Wildman–Crippen MR) is 380 cm³/mol. The van der Waals surface area contributed by atoms with Crippen LogP contribution in [0.5, 0.6) is 0 Å². The Morgan fingerprint density at radius 1 is 0.352 bits per heavy atom. The van der Waals surface area contributed by atoms with Gasteiger partial charge in [0.05, 0.1) is 33.0 Å². The van der Waals surface area contributed by atoms with Crippen molar-refractivity contribution >= 4 is 104 Å². The number of hydrogen-bond acceptors (Lipinski definition) is 10. The number of aryl methyl sites for hydroxylation is 5. The van der Waals surface area contributed by atoms with E-state index in [9.17, 15) is 10.4 Å². The Bertz CT molecular complexity index is 3210. The Balaban J connectivity index is 0.000000173. The van der Waals surface area contributed by atoms with E-state index in [0.29, 0.717) is 81.7 Å². The Kier molecular flexibility index (Phi) is 27.0. The van der Waals surface area contributed by atoms with E-state index in [1.54, 1.807) is 0 Å². The summed E-state index contributed by atoms with van der Waals surface area (Å²) in [5.41, 5.74) is 34.4. The Hall–Kier alpha value is -3.41. The van der Waals surface area contributed by atoms with Gasteiger partial charge >= 0.3 is 0 Å². The molecule has 6 saturated carbocycles. The molecule has 0 aliphatic heterocycles. The zero-order valence-electron chi connectivity index (χ0n) is 51.6. The molecule has 6 aromatic carbocycles. The maximum atomic E-state index is 9.18. The van der Waals surface area contributed by atoms with Crippen molar-refractivity contribution in [3.05, 3.63) is 206 Å². The fraction of sp³-hybridized carbons (Fsp3) is 0.472. The highest BCUT2D eigenvalue weighted by Gasteiger charge is 2.58. The van der Waals surface area contributed by atoms with Gasteiger partial charge in [0.25, 0.3) is 0 Å². The standard InChI is InChI=1S/C12H15Cl2N.C12H16ClNO.C12H12ClNO.C12H16ClNO.C12H12ClNO.C11H12Cl3N.CH4/c1-8-2-3-9(4-11(8)14)12(7-15)5-10(12)6-13;2*1-8-4-9(2-3-11(8)13)12(7-14)5-10(12)6-15;2*1-8-2-3-9(4-11(8)13)12(7-14)5-10(12)6-15;12-5-8-4-11(8,6-15)7-1-2-9(13)10(14)3-7;/h2-4,10H,5-7,15H2,1H3;2-4,10,15H,5-7,14H2,1H3;2-4,10,15H,5-6H2,1H3;2-4,10,15H,5-7,14H2,1H3;2-4,10,15H,5-6H2,1H3;1-3,8H,4-6,15H2;1H4/t10-,12+;2*10-,12-;2*10-,12+;8-,11-;/m111111./s1. The number of nitriles is 2. The highest BCUT2D eigenvalue weighted by molar-refractivity contribution is 6.42. The van der Waals surface area contributed by atoms with E-state index in [4.69, 9.17) is 148 Å². The normalized spacial score (nSPS) is 28.7. The van der Waals surface area contributed by atoms with E-state index in [1.807, 2.05) is 120 Å². The Morgan fingerprint density at radius 2 is 0.615 bits per heavy atom. The first-order valence-electron chi connectivity index (χ1n) is 30.3. The van der Waals surface area contributed by atoms with Crippen LogP contribution in [0.25, 0.3) is 0 Å². The zero-order chi connectivity index (χ0) is 66.3. The lowest BCUT2D eigenvalue weighted by atomic mass is 9.92. The molecule has 492 valence electrons. The molecule has 10 nitrogen and oxygen atoms in total. The van der Waals surface area contributed by atoms with Crippen LogP contribution in [-0.2, 0) is 32.5 Å². The first kappa shape index (κ1) is 76.6. The van der Waals surface area contributed by atoms with E-state index in [2.05, 4.69) is 36.4 Å². The van der Waals surface area contributed by atoms with Crippen molar-refractivity contribution in [1.29, 1.82) is 10.5 Å². The Labute approximate surface area is 584 Å². The number of nitrogens with zero attached hydrogens (tertiary/aromatic N) is 2. The minimum absolute atomic E-state index is 0. The summed E-state index contributed by atoms with van der Waals surface area (Å²) in [4.78, 5) is 0. The molecule has 19 heteroatoms. The fourth-order valence-corrected chi connectivity index (χ4v) is 14.7. The molecule has 6 aromatic rings. The number of aliphatic hydroxyl groups is 4. The van der Waals surface area contributed by atoms with Crippen LogP contribution >= 0.6 is 104 Å². The summed E-state index contributed by atoms with van der Waals surface area (Å²) >= 11 is 53.8. The van der Waals surface area contributed by atoms with Gasteiger partial charge in [-0.1, -0.05) is 155 Å². The third-order valence-electron chi connectivity index (χ3n) is 20.3. The molecule has 0 aromatic heterocycles. The predicted octanol–water partition coefficient (Wildman–Crippen LogP) is 15.7. The van der Waals surface area contributed by atoms with Crippen LogP contribution < -0.4 is 22.9 Å². The van der Waals surface area contributed by atoms with Gasteiger partial charge in [0.15, 0.2) is 0 Å². The van der Waals surface area contributed by atoms with Crippen LogP contribution in [0.3, 0.4) is 0 Å². The highest BCUT2D eigenvalue weighted by atomic mass is 35.5. The lowest BCUT2D eigenvalue weighted by Gasteiger charge is -2.16. The molecule has 0 radical (unpaired) electrons. The number of nitrogens with two attached hydrogens (primary N) is 4. The monoisotopic (exact) mass is 1410 g/mol. The van der Waals surface area contributed by atoms with Crippen molar-refractivity contribution in [3.63, 3.8) is 0 Å². The third kappa shape index (κ3) is 16.4. The molecule has 6 aliphatic carbocycles. The van der Waals surface area contributed by atoms with Gasteiger partial charge in [0.2, 0.25) is 0 Å². The molecule has 0 saturated heterocycles. The summed E-state index contributed by atoms with van der Waals surface area (Å²) in [7, 11) is 0. The molecule has 12 N–H and O–H groups in total. The van der Waals surface area contributed by atoms with Gasteiger partial charge in [-0.05, 0) is 200 Å². The largest absolute Gasteiger partial charge is 0.396 e. The molecular formula is C72H87Cl9N6O4. The van der Waals surface area contributed by atoms with Crippen molar-refractivity contribution < 1.29 is 20.4 Å². The summed E-state index contributed by atoms with van der Waals surface area (Å²) in [5, 5.41) is 59.8. The molecule has 6 aliphatic rings. The molecule has 0 unspecified atom stereocenters. The lowest BCUT2D eigenvalue weighted by molar-refractivity contribution is 0.264. The van der Waals surface area contributed by atoms with Crippen LogP contribution in [0.15, 0.2) is 109 Å². The van der Waals surface area contributed by atoms with Crippen molar-refractivity contribution in [1.82, 2.24) is 0 Å². The molecule has 6 fully saturated rings. The van der Waals surface area contributed by atoms with Gasteiger partial charge in [-0.15, -0.1) is 23.2 Å². The van der Waals surface area contributed by atoms with Crippen LogP contribution in [-0.4, -0.2) is 84.8 Å². The van der Waals surface area contributed by atoms with Crippen molar-refractivity contribution in [2.24, 2.45) is 58.4 Å². The van der Waals surface area contributed by atoms with Gasteiger partial charge < -0.3 is 43.4 Å². The number of halogens is 9. The summed E-state index contributed by atoms with van der Waals surface area (Å²) in [6, 6.07) is 40.0. The number of hydrogen-bond donors (Lipinski definition) is 8. The second kappa shape index (κ2) is 32.1. The molecule has 0 bridgehead atoms. The van der Waals surface area contributed by atoms with E-state index >= 15 is 0 Å². The molecule has 0 heterocycles. The van der Waals surface area contributed by atoms with Crippen LogP contribution in [0.4, 0.5) is 0 Å². The van der Waals surface area contributed by atoms with Gasteiger partial charge in [0.1, 0.15) is 0 Å². The molecule has 0 amide bonds. The van der Waals surface area contributed by atoms with E-state index in [0.717, 1.165) is 98.1 Å². The lowest BCUT2D eigenvalue weighted by Crippen LogP contribution is -2.23. The second-order valence-corrected chi connectivity index (χ2v) is 29.0. The van der Waals surface area contributed by atoms with Crippen molar-refractivity contribution in [3.8, 4) is 12.1 Å². The first-order chi connectivity index (χ1) is 42.8. The maximum absolute atomic E-state index is 9.18. The molecule has 91 heavy (non-hydrogen) atoms. The maximum Gasteiger partial charge on any atom is 0.0877 e. The van der Waals surface area contributed by atoms with Crippen LogP contribution in [0.2, 0.25) is 35.2 Å². The molecule has 12 atom stereocenters. The third-order valence-corrected chi connectivity index (χ3v) is 23.9. The zero-order valence-corrected chi connectivity index (χ0v) is 58.4. The summed E-state index contributed by atoms with van der Waals surface area (Å²) < 4.78 is 0. The van der Waals surface area contributed by atoms with Gasteiger partial charge in [-0.25, -0.2) is 0 Å². The van der Waals surface area contributed by atoms with Crippen molar-refractivity contribution in [2.45, 2.75) is 113 Å². The van der Waals surface area contributed by atoms with Crippen LogP contribution in [0, 0.1) is 92.8 Å². The minimum atomic E-state index is -0.494. The highest BCUT2D eigenvalue weighted by Crippen LogP contribution is 2.58. The summed E-state index contributed by atoms with van der Waals surface area (Å²) in [6.45, 7) is 12.9. The SMILES string of the molecule is C.Cc1cc([C@]2(C#N)C[C@@H]2CO)ccc1Cl.Cc1cc([C@]2(CN)C[C@@H]2CO)ccc1Cl.Cc1ccc([C@@]2(C#N)C[C@@H]2CO)cc1Cl.Cc1ccc([C@@]2(CN)C[C@@H]2CCl)cc1Cl.Cc1ccc([C@@]2(CN)C[C@@H]2CO)cc1Cl.NC[C@@]1(c2ccc(Cl)c(Cl)c2)C[C@@H]1CCl. The van der Waals surface area contributed by atoms with Gasteiger partial charge in [-0.3, -0.25) is 0 Å². The topological polar surface area (TPSA) is 233 Å². The summed E-state index contributed by atoms with van der Waals surface area (Å²) in [5.74, 6) is 3.11. The van der Waals surface area contributed by atoms with E-state index in [-0.39, 0.29) is 67.3 Å². The first-order valence-corrected chi connectivity index (χ1v) is 34.0. The van der Waals surface area contributed by atoms with Gasteiger partial charge in [0, 0.05) is 123 Å². The quantitative estimate of drug-likeness (QED) is 0.0427.